The molecule has 1 unspecified atom stereocenters. The van der Waals surface area contributed by atoms with Crippen LogP contribution in [0.15, 0.2) is 54.6 Å². The molecule has 0 N–H and O–H groups in total. The minimum atomic E-state index is 0.116. The minimum Gasteiger partial charge on any atom is -0.340 e. The van der Waals surface area contributed by atoms with Crippen LogP contribution in [0, 0.1) is 0 Å². The Bertz CT molecular complexity index is 820. The predicted octanol–water partition coefficient (Wildman–Crippen LogP) is 4.15. The summed E-state index contributed by atoms with van der Waals surface area (Å²) in [6, 6.07) is 18.5. The molecule has 0 amide bonds. The second kappa shape index (κ2) is 4.25. The molecule has 0 aliphatic carbocycles. The summed E-state index contributed by atoms with van der Waals surface area (Å²) < 4.78 is 2.03. The van der Waals surface area contributed by atoms with Gasteiger partial charge in [0, 0.05) is 23.5 Å². The summed E-state index contributed by atoms with van der Waals surface area (Å²) in [6.07, 6.45) is 0. The maximum absolute atomic E-state index is 12.4. The Morgan fingerprint density at radius 2 is 1.70 bits per heavy atom. The van der Waals surface area contributed by atoms with Crippen molar-refractivity contribution in [3.8, 4) is 0 Å². The van der Waals surface area contributed by atoms with Gasteiger partial charge in [0.1, 0.15) is 5.69 Å². The lowest BCUT2D eigenvalue weighted by molar-refractivity contribution is 0.108. The minimum absolute atomic E-state index is 0.116. The van der Waals surface area contributed by atoms with Crippen molar-refractivity contribution in [2.45, 2.75) is 5.25 Å². The van der Waals surface area contributed by atoms with Crippen LogP contribution >= 0.6 is 11.8 Å². The second-order valence-electron chi connectivity index (χ2n) is 5.03. The number of para-hydroxylation sites is 1. The van der Waals surface area contributed by atoms with Gasteiger partial charge in [-0.15, -0.1) is 0 Å². The Morgan fingerprint density at radius 1 is 1.00 bits per heavy atom. The average molecular weight is 279 g/mol. The van der Waals surface area contributed by atoms with Crippen molar-refractivity contribution < 1.29 is 4.79 Å². The number of fused-ring (bicyclic) bond motifs is 3. The van der Waals surface area contributed by atoms with E-state index >= 15 is 0 Å². The molecule has 2 nitrogen and oxygen atoms in total. The zero-order valence-corrected chi connectivity index (χ0v) is 11.9. The van der Waals surface area contributed by atoms with Gasteiger partial charge in [-0.3, -0.25) is 4.79 Å². The standard InChI is InChI=1S/C17H13NOS/c1-18-13-10-6-5-9-12(13)14-15(18)17(19)20-16(14)11-7-3-2-4-8-11/h2-10,16H,1H3. The van der Waals surface area contributed by atoms with Crippen molar-refractivity contribution in [2.75, 3.05) is 0 Å². The molecule has 3 heteroatoms. The van der Waals surface area contributed by atoms with Crippen LogP contribution in [0.1, 0.15) is 26.9 Å². The molecule has 1 aliphatic rings. The first-order chi connectivity index (χ1) is 9.77. The fourth-order valence-corrected chi connectivity index (χ4v) is 4.24. The van der Waals surface area contributed by atoms with E-state index in [4.69, 9.17) is 0 Å². The second-order valence-corrected chi connectivity index (χ2v) is 6.11. The SMILES string of the molecule is Cn1c2c(c3ccccc31)C(c1ccccc1)SC2=O. The van der Waals surface area contributed by atoms with Gasteiger partial charge in [-0.05, 0) is 11.6 Å². The molecule has 0 saturated heterocycles. The number of aryl methyl sites for hydroxylation is 1. The van der Waals surface area contributed by atoms with E-state index in [1.54, 1.807) is 0 Å². The molecule has 1 aliphatic heterocycles. The van der Waals surface area contributed by atoms with Gasteiger partial charge in [-0.2, -0.15) is 0 Å². The summed E-state index contributed by atoms with van der Waals surface area (Å²) in [5, 5.41) is 1.48. The summed E-state index contributed by atoms with van der Waals surface area (Å²) in [7, 11) is 1.98. The number of hydrogen-bond acceptors (Lipinski definition) is 2. The highest BCUT2D eigenvalue weighted by atomic mass is 32.2. The Hall–Kier alpha value is -2.00. The molecule has 0 saturated carbocycles. The molecule has 1 atom stereocenters. The maximum atomic E-state index is 12.4. The number of benzene rings is 2. The van der Waals surface area contributed by atoms with Crippen LogP contribution in [0.5, 0.6) is 0 Å². The highest BCUT2D eigenvalue weighted by Gasteiger charge is 2.36. The predicted molar refractivity (Wildman–Crippen MR) is 83.1 cm³/mol. The van der Waals surface area contributed by atoms with Gasteiger partial charge in [-0.25, -0.2) is 0 Å². The Balaban J connectivity index is 2.03. The van der Waals surface area contributed by atoms with Crippen molar-refractivity contribution in [1.82, 2.24) is 4.57 Å². The number of aromatic nitrogens is 1. The first kappa shape index (κ1) is 11.8. The first-order valence-electron chi connectivity index (χ1n) is 6.60. The zero-order chi connectivity index (χ0) is 13.7. The van der Waals surface area contributed by atoms with Gasteiger partial charge in [0.2, 0.25) is 5.12 Å². The first-order valence-corrected chi connectivity index (χ1v) is 7.48. The van der Waals surface area contributed by atoms with Crippen LogP contribution in [0.2, 0.25) is 0 Å². The molecule has 1 aromatic heterocycles. The topological polar surface area (TPSA) is 22.0 Å². The molecule has 0 radical (unpaired) electrons. The molecule has 2 aromatic carbocycles. The molecule has 0 bridgehead atoms. The largest absolute Gasteiger partial charge is 0.340 e. The third-order valence-corrected chi connectivity index (χ3v) is 5.08. The molecular formula is C17H13NOS. The Labute approximate surface area is 121 Å². The molecule has 98 valence electrons. The Morgan fingerprint density at radius 3 is 2.50 bits per heavy atom. The smallest absolute Gasteiger partial charge is 0.237 e. The van der Waals surface area contributed by atoms with Crippen molar-refractivity contribution >= 4 is 27.8 Å². The summed E-state index contributed by atoms with van der Waals surface area (Å²) in [4.78, 5) is 12.4. The van der Waals surface area contributed by atoms with Crippen molar-refractivity contribution in [3.05, 3.63) is 71.4 Å². The van der Waals surface area contributed by atoms with E-state index in [9.17, 15) is 4.79 Å². The third kappa shape index (κ3) is 1.50. The van der Waals surface area contributed by atoms with Crippen LogP contribution in [0.4, 0.5) is 0 Å². The summed E-state index contributed by atoms with van der Waals surface area (Å²) in [5.74, 6) is 0. The van der Waals surface area contributed by atoms with Gasteiger partial charge < -0.3 is 4.57 Å². The van der Waals surface area contributed by atoms with E-state index in [0.29, 0.717) is 0 Å². The summed E-state index contributed by atoms with van der Waals surface area (Å²) >= 11 is 1.42. The number of nitrogens with zero attached hydrogens (tertiary/aromatic N) is 1. The normalized spacial score (nSPS) is 17.6. The van der Waals surface area contributed by atoms with E-state index < -0.39 is 0 Å². The van der Waals surface area contributed by atoms with Gasteiger partial charge >= 0.3 is 0 Å². The highest BCUT2D eigenvalue weighted by Crippen LogP contribution is 2.49. The van der Waals surface area contributed by atoms with Crippen molar-refractivity contribution in [2.24, 2.45) is 7.05 Å². The lowest BCUT2D eigenvalue weighted by Crippen LogP contribution is -1.98. The zero-order valence-electron chi connectivity index (χ0n) is 11.0. The average Bonchev–Trinajstić information content (AvgIpc) is 2.98. The van der Waals surface area contributed by atoms with E-state index in [1.165, 1.54) is 28.3 Å². The number of rotatable bonds is 1. The molecule has 4 rings (SSSR count). The van der Waals surface area contributed by atoms with Crippen molar-refractivity contribution in [3.63, 3.8) is 0 Å². The number of carbonyl (C=O) groups excluding carboxylic acids is 1. The van der Waals surface area contributed by atoms with Crippen molar-refractivity contribution in [1.29, 1.82) is 0 Å². The van der Waals surface area contributed by atoms with E-state index in [1.807, 2.05) is 41.9 Å². The monoisotopic (exact) mass is 279 g/mol. The van der Waals surface area contributed by atoms with E-state index in [-0.39, 0.29) is 10.4 Å². The molecule has 0 fully saturated rings. The molecule has 0 spiro atoms. The summed E-state index contributed by atoms with van der Waals surface area (Å²) in [5.41, 5.74) is 4.35. The van der Waals surface area contributed by atoms with Crippen LogP contribution in [-0.2, 0) is 7.05 Å². The number of hydrogen-bond donors (Lipinski definition) is 0. The fraction of sp³-hybridized carbons (Fsp3) is 0.118. The number of thioether (sulfide) groups is 1. The van der Waals surface area contributed by atoms with Crippen LogP contribution in [0.3, 0.4) is 0 Å². The van der Waals surface area contributed by atoms with Gasteiger partial charge in [-0.1, -0.05) is 60.3 Å². The van der Waals surface area contributed by atoms with Crippen LogP contribution in [-0.4, -0.2) is 9.68 Å². The quantitative estimate of drug-likeness (QED) is 0.667. The van der Waals surface area contributed by atoms with Crippen LogP contribution in [0.25, 0.3) is 10.9 Å². The van der Waals surface area contributed by atoms with E-state index in [0.717, 1.165) is 11.2 Å². The molecule has 20 heavy (non-hydrogen) atoms. The summed E-state index contributed by atoms with van der Waals surface area (Å²) in [6.45, 7) is 0. The lowest BCUT2D eigenvalue weighted by atomic mass is 10.0. The van der Waals surface area contributed by atoms with Crippen LogP contribution < -0.4 is 0 Å². The maximum Gasteiger partial charge on any atom is 0.237 e. The Kier molecular flexibility index (Phi) is 2.51. The highest BCUT2D eigenvalue weighted by molar-refractivity contribution is 8.15. The van der Waals surface area contributed by atoms with E-state index in [2.05, 4.69) is 24.3 Å². The van der Waals surface area contributed by atoms with Gasteiger partial charge in [0.25, 0.3) is 0 Å². The number of carbonyl (C=O) groups is 1. The molecular weight excluding hydrogens is 266 g/mol. The molecule has 2 heterocycles. The third-order valence-electron chi connectivity index (χ3n) is 3.93. The van der Waals surface area contributed by atoms with Gasteiger partial charge in [0.05, 0.1) is 5.25 Å². The molecule has 3 aromatic rings. The lowest BCUT2D eigenvalue weighted by Gasteiger charge is -2.09. The fourth-order valence-electron chi connectivity index (χ4n) is 3.02. The van der Waals surface area contributed by atoms with Gasteiger partial charge in [0.15, 0.2) is 0 Å².